The number of nitrogens with one attached hydrogen (secondary N) is 1. The molecule has 39 heavy (non-hydrogen) atoms. The summed E-state index contributed by atoms with van der Waals surface area (Å²) in [4.78, 5) is 12.0. The van der Waals surface area contributed by atoms with Crippen LogP contribution in [0, 0.1) is 11.7 Å². The van der Waals surface area contributed by atoms with Crippen molar-refractivity contribution in [1.29, 1.82) is 0 Å². The minimum atomic E-state index is -4.98. The highest BCUT2D eigenvalue weighted by atomic mass is 19.4. The zero-order valence-electron chi connectivity index (χ0n) is 21.2. The van der Waals surface area contributed by atoms with Gasteiger partial charge in [-0.1, -0.05) is 25.0 Å². The van der Waals surface area contributed by atoms with E-state index < -0.39 is 53.0 Å². The molecule has 0 aliphatic heterocycles. The van der Waals surface area contributed by atoms with E-state index in [1.807, 2.05) is 0 Å². The van der Waals surface area contributed by atoms with Gasteiger partial charge in [-0.2, -0.15) is 26.3 Å². The van der Waals surface area contributed by atoms with Crippen LogP contribution < -0.4 is 5.32 Å². The summed E-state index contributed by atoms with van der Waals surface area (Å²) in [7, 11) is 0. The van der Waals surface area contributed by atoms with E-state index in [1.165, 1.54) is 19.1 Å². The van der Waals surface area contributed by atoms with E-state index in [4.69, 9.17) is 4.74 Å². The Morgan fingerprint density at radius 1 is 1.00 bits per heavy atom. The van der Waals surface area contributed by atoms with Crippen LogP contribution in [0.2, 0.25) is 0 Å². The van der Waals surface area contributed by atoms with E-state index in [1.54, 1.807) is 12.1 Å². The lowest BCUT2D eigenvalue weighted by Gasteiger charge is -2.32. The maximum Gasteiger partial charge on any atom is 0.416 e. The lowest BCUT2D eigenvalue weighted by molar-refractivity contribution is -0.145. The molecular formula is C28H30F7NO3. The van der Waals surface area contributed by atoms with Crippen LogP contribution in [0.25, 0.3) is 0 Å². The number of aliphatic carboxylic acids is 1. The van der Waals surface area contributed by atoms with Crippen molar-refractivity contribution in [2.24, 2.45) is 5.92 Å². The lowest BCUT2D eigenvalue weighted by atomic mass is 9.86. The number of hydrogen-bond donors (Lipinski definition) is 2. The maximum atomic E-state index is 13.7. The van der Waals surface area contributed by atoms with E-state index in [2.05, 4.69) is 5.32 Å². The fraction of sp³-hybridized carbons (Fsp3) is 0.536. The van der Waals surface area contributed by atoms with Crippen molar-refractivity contribution in [3.8, 4) is 0 Å². The molecule has 2 aromatic rings. The number of carboxylic acid groups (broad SMARTS) is 1. The van der Waals surface area contributed by atoms with Gasteiger partial charge in [-0.25, -0.2) is 4.39 Å². The molecule has 2 aromatic carbocycles. The topological polar surface area (TPSA) is 58.6 Å². The first-order chi connectivity index (χ1) is 18.2. The van der Waals surface area contributed by atoms with E-state index in [0.29, 0.717) is 49.9 Å². The minimum absolute atomic E-state index is 0.0795. The predicted molar refractivity (Wildman–Crippen MR) is 128 cm³/mol. The van der Waals surface area contributed by atoms with Gasteiger partial charge in [0, 0.05) is 5.92 Å². The molecule has 4 rings (SSSR count). The normalized spacial score (nSPS) is 24.2. The molecule has 4 nitrogen and oxygen atoms in total. The number of halogens is 7. The highest BCUT2D eigenvalue weighted by Gasteiger charge is 2.44. The lowest BCUT2D eigenvalue weighted by Crippen LogP contribution is -2.51. The first-order valence-electron chi connectivity index (χ1n) is 12.9. The third-order valence-corrected chi connectivity index (χ3v) is 8.01. The van der Waals surface area contributed by atoms with Crippen LogP contribution in [0.4, 0.5) is 30.7 Å². The van der Waals surface area contributed by atoms with Gasteiger partial charge in [0.25, 0.3) is 0 Å². The monoisotopic (exact) mass is 561 g/mol. The molecule has 2 aliphatic carbocycles. The van der Waals surface area contributed by atoms with Crippen molar-refractivity contribution in [3.05, 3.63) is 70.5 Å². The largest absolute Gasteiger partial charge is 0.480 e. The molecule has 4 atom stereocenters. The average molecular weight is 562 g/mol. The summed E-state index contributed by atoms with van der Waals surface area (Å²) in [6.07, 6.45) is -8.07. The van der Waals surface area contributed by atoms with Crippen LogP contribution in [-0.4, -0.2) is 29.3 Å². The second-order valence-corrected chi connectivity index (χ2v) is 10.5. The standard InChI is InChI=1S/C28H30F7NO3/c1-16(19-12-20(27(30,31)32)14-21(13-19)28(33,34)35)39-23-9-6-18(24(23)17-4-7-22(29)8-5-17)15-36-26(25(37)38)10-2-3-11-26/h4-5,7-8,12-14,16,18,23-24,36H,2-3,6,9-11,15H2,1H3,(H,37,38)/t16-,18+,23+,24+/m1/s1. The average Bonchev–Trinajstić information content (AvgIpc) is 3.50. The van der Waals surface area contributed by atoms with Gasteiger partial charge in [0.1, 0.15) is 11.4 Å². The first-order valence-corrected chi connectivity index (χ1v) is 12.9. The second kappa shape index (κ2) is 11.1. The van der Waals surface area contributed by atoms with Crippen LogP contribution in [0.5, 0.6) is 0 Å². The van der Waals surface area contributed by atoms with Gasteiger partial charge in [0.05, 0.1) is 23.3 Å². The van der Waals surface area contributed by atoms with Crippen molar-refractivity contribution >= 4 is 5.97 Å². The van der Waals surface area contributed by atoms with Gasteiger partial charge in [-0.05, 0) is 86.5 Å². The van der Waals surface area contributed by atoms with Crippen LogP contribution in [0.1, 0.15) is 79.7 Å². The highest BCUT2D eigenvalue weighted by molar-refractivity contribution is 5.79. The molecule has 214 valence electrons. The SMILES string of the molecule is C[C@@H](O[C@H]1CC[C@@H](CNC2(C(=O)O)CCCC2)[C@@H]1c1ccc(F)cc1)c1cc(C(F)(F)F)cc(C(F)(F)F)c1. The highest BCUT2D eigenvalue weighted by Crippen LogP contribution is 2.45. The van der Waals surface area contributed by atoms with Crippen LogP contribution in [0.3, 0.4) is 0 Å². The Morgan fingerprint density at radius 2 is 1.56 bits per heavy atom. The summed E-state index contributed by atoms with van der Waals surface area (Å²) >= 11 is 0. The Kier molecular flexibility index (Phi) is 8.33. The van der Waals surface area contributed by atoms with E-state index in [-0.39, 0.29) is 23.5 Å². The molecule has 0 aromatic heterocycles. The van der Waals surface area contributed by atoms with Gasteiger partial charge in [-0.3, -0.25) is 4.79 Å². The van der Waals surface area contributed by atoms with Crippen molar-refractivity contribution in [3.63, 3.8) is 0 Å². The van der Waals surface area contributed by atoms with Gasteiger partial charge in [-0.15, -0.1) is 0 Å². The molecule has 0 amide bonds. The summed E-state index contributed by atoms with van der Waals surface area (Å²) in [6, 6.07) is 7.11. The maximum absolute atomic E-state index is 13.7. The fourth-order valence-electron chi connectivity index (χ4n) is 5.92. The Bertz CT molecular complexity index is 1120. The molecule has 2 aliphatic rings. The van der Waals surface area contributed by atoms with Crippen molar-refractivity contribution < 1.29 is 45.4 Å². The Hall–Kier alpha value is -2.66. The molecule has 0 saturated heterocycles. The third kappa shape index (κ3) is 6.57. The number of carbonyl (C=O) groups is 1. The molecule has 0 radical (unpaired) electrons. The number of carboxylic acids is 1. The summed E-state index contributed by atoms with van der Waals surface area (Å²) in [5, 5.41) is 13.0. The van der Waals surface area contributed by atoms with Crippen molar-refractivity contribution in [2.45, 2.75) is 81.5 Å². The van der Waals surface area contributed by atoms with E-state index >= 15 is 0 Å². The minimum Gasteiger partial charge on any atom is -0.480 e. The zero-order chi connectivity index (χ0) is 28.6. The number of alkyl halides is 6. The van der Waals surface area contributed by atoms with Crippen LogP contribution in [0.15, 0.2) is 42.5 Å². The summed E-state index contributed by atoms with van der Waals surface area (Å²) in [5.74, 6) is -1.91. The summed E-state index contributed by atoms with van der Waals surface area (Å²) in [6.45, 7) is 1.73. The summed E-state index contributed by atoms with van der Waals surface area (Å²) < 4.78 is 100. The van der Waals surface area contributed by atoms with E-state index in [9.17, 15) is 40.6 Å². The molecule has 0 bridgehead atoms. The number of hydrogen-bond acceptors (Lipinski definition) is 3. The molecular weight excluding hydrogens is 531 g/mol. The number of rotatable bonds is 8. The number of benzene rings is 2. The van der Waals surface area contributed by atoms with Gasteiger partial charge < -0.3 is 15.2 Å². The molecule has 0 unspecified atom stereocenters. The Morgan fingerprint density at radius 3 is 2.08 bits per heavy atom. The molecule has 0 heterocycles. The van der Waals surface area contributed by atoms with Crippen LogP contribution >= 0.6 is 0 Å². The Balaban J connectivity index is 1.60. The van der Waals surface area contributed by atoms with Crippen molar-refractivity contribution in [2.75, 3.05) is 6.54 Å². The first kappa shape index (κ1) is 29.3. The molecule has 2 fully saturated rings. The smallest absolute Gasteiger partial charge is 0.416 e. The third-order valence-electron chi connectivity index (χ3n) is 8.01. The molecule has 2 saturated carbocycles. The summed E-state index contributed by atoms with van der Waals surface area (Å²) in [5.41, 5.74) is -3.42. The number of ether oxygens (including phenoxy) is 1. The van der Waals surface area contributed by atoms with Crippen LogP contribution in [-0.2, 0) is 21.9 Å². The quantitative estimate of drug-likeness (QED) is 0.328. The predicted octanol–water partition coefficient (Wildman–Crippen LogP) is 7.49. The second-order valence-electron chi connectivity index (χ2n) is 10.5. The zero-order valence-corrected chi connectivity index (χ0v) is 21.2. The van der Waals surface area contributed by atoms with E-state index in [0.717, 1.165) is 12.8 Å². The molecule has 2 N–H and O–H groups in total. The molecule has 0 spiro atoms. The van der Waals surface area contributed by atoms with Gasteiger partial charge in [0.15, 0.2) is 0 Å². The molecule has 11 heteroatoms. The Labute approximate surface area is 221 Å². The van der Waals surface area contributed by atoms with Gasteiger partial charge in [0.2, 0.25) is 0 Å². The van der Waals surface area contributed by atoms with Gasteiger partial charge >= 0.3 is 18.3 Å². The fourth-order valence-corrected chi connectivity index (χ4v) is 5.92. The van der Waals surface area contributed by atoms with Crippen molar-refractivity contribution in [1.82, 2.24) is 5.32 Å².